The van der Waals surface area contributed by atoms with Crippen LogP contribution in [0.5, 0.6) is 0 Å². The van der Waals surface area contributed by atoms with Crippen molar-refractivity contribution in [2.24, 2.45) is 0 Å². The topological polar surface area (TPSA) is 91.1 Å². The number of carbonyl (C=O) groups excluding carboxylic acids is 2. The third-order valence-corrected chi connectivity index (χ3v) is 4.86. The summed E-state index contributed by atoms with van der Waals surface area (Å²) in [5, 5.41) is 0. The first-order chi connectivity index (χ1) is 14.0. The summed E-state index contributed by atoms with van der Waals surface area (Å²) in [7, 11) is 1.35. The van der Waals surface area contributed by atoms with Gasteiger partial charge in [0.15, 0.2) is 0 Å². The van der Waals surface area contributed by atoms with Gasteiger partial charge in [-0.25, -0.2) is 9.78 Å². The zero-order valence-electron chi connectivity index (χ0n) is 17.0. The molecule has 0 aliphatic carbocycles. The molecule has 1 aliphatic heterocycles. The van der Waals surface area contributed by atoms with Crippen molar-refractivity contribution in [3.63, 3.8) is 0 Å². The summed E-state index contributed by atoms with van der Waals surface area (Å²) >= 11 is 0. The van der Waals surface area contributed by atoms with Gasteiger partial charge in [-0.15, -0.1) is 0 Å². The zero-order valence-corrected chi connectivity index (χ0v) is 17.0. The summed E-state index contributed by atoms with van der Waals surface area (Å²) in [5.74, 6) is 0.597. The SMILES string of the molecule is CCOC(=O)C[C@@H]1COCCN1Cc1nc(-c2ccc(C(=O)OC)cc2)oc1C. The summed E-state index contributed by atoms with van der Waals surface area (Å²) in [6.07, 6.45) is 0.284. The quantitative estimate of drug-likeness (QED) is 0.653. The molecule has 1 aromatic heterocycles. The van der Waals surface area contributed by atoms with Gasteiger partial charge in [0, 0.05) is 24.7 Å². The molecule has 1 atom stereocenters. The molecule has 2 heterocycles. The number of oxazole rings is 1. The molecule has 2 aromatic rings. The van der Waals surface area contributed by atoms with Crippen molar-refractivity contribution in [1.29, 1.82) is 0 Å². The molecular formula is C21H26N2O6. The number of aryl methyl sites for hydroxylation is 1. The van der Waals surface area contributed by atoms with Crippen LogP contribution in [0.2, 0.25) is 0 Å². The Balaban J connectivity index is 1.72. The molecule has 0 saturated carbocycles. The normalized spacial score (nSPS) is 17.1. The highest BCUT2D eigenvalue weighted by atomic mass is 16.5. The van der Waals surface area contributed by atoms with Gasteiger partial charge >= 0.3 is 11.9 Å². The van der Waals surface area contributed by atoms with Gasteiger partial charge in [0.25, 0.3) is 0 Å². The number of methoxy groups -OCH3 is 1. The van der Waals surface area contributed by atoms with Crippen LogP contribution in [0.25, 0.3) is 11.5 Å². The van der Waals surface area contributed by atoms with Crippen molar-refractivity contribution in [2.75, 3.05) is 33.5 Å². The summed E-state index contributed by atoms with van der Waals surface area (Å²) in [4.78, 5) is 30.3. The lowest BCUT2D eigenvalue weighted by Crippen LogP contribution is -2.46. The first-order valence-electron chi connectivity index (χ1n) is 9.64. The molecule has 0 unspecified atom stereocenters. The van der Waals surface area contributed by atoms with E-state index in [2.05, 4.69) is 9.88 Å². The smallest absolute Gasteiger partial charge is 0.337 e. The Labute approximate surface area is 169 Å². The average Bonchev–Trinajstić information content (AvgIpc) is 3.09. The fourth-order valence-corrected chi connectivity index (χ4v) is 3.25. The van der Waals surface area contributed by atoms with E-state index in [1.807, 2.05) is 6.92 Å². The van der Waals surface area contributed by atoms with E-state index in [0.29, 0.717) is 44.4 Å². The summed E-state index contributed by atoms with van der Waals surface area (Å²) in [5.41, 5.74) is 2.06. The van der Waals surface area contributed by atoms with E-state index in [1.165, 1.54) is 7.11 Å². The first-order valence-corrected chi connectivity index (χ1v) is 9.64. The molecule has 1 aliphatic rings. The Bertz CT molecular complexity index is 845. The monoisotopic (exact) mass is 402 g/mol. The van der Waals surface area contributed by atoms with E-state index in [0.717, 1.165) is 17.0 Å². The van der Waals surface area contributed by atoms with Crippen molar-refractivity contribution >= 4 is 11.9 Å². The average molecular weight is 402 g/mol. The van der Waals surface area contributed by atoms with Crippen molar-refractivity contribution in [3.8, 4) is 11.5 Å². The number of rotatable bonds is 7. The fourth-order valence-electron chi connectivity index (χ4n) is 3.25. The van der Waals surface area contributed by atoms with Gasteiger partial charge in [0.05, 0.1) is 44.6 Å². The molecule has 0 spiro atoms. The number of benzene rings is 1. The van der Waals surface area contributed by atoms with Crippen molar-refractivity contribution in [2.45, 2.75) is 32.9 Å². The molecule has 0 N–H and O–H groups in total. The molecule has 0 radical (unpaired) electrons. The number of ether oxygens (including phenoxy) is 3. The fraction of sp³-hybridized carbons (Fsp3) is 0.476. The van der Waals surface area contributed by atoms with Crippen molar-refractivity contribution in [1.82, 2.24) is 9.88 Å². The maximum absolute atomic E-state index is 11.9. The highest BCUT2D eigenvalue weighted by molar-refractivity contribution is 5.89. The van der Waals surface area contributed by atoms with E-state index in [4.69, 9.17) is 18.6 Å². The Hall–Kier alpha value is -2.71. The molecule has 8 nitrogen and oxygen atoms in total. The molecule has 0 amide bonds. The first kappa shape index (κ1) is 21.0. The Morgan fingerprint density at radius 2 is 2.03 bits per heavy atom. The van der Waals surface area contributed by atoms with Gasteiger partial charge in [-0.1, -0.05) is 0 Å². The summed E-state index contributed by atoms with van der Waals surface area (Å²) in [6, 6.07) is 6.86. The van der Waals surface area contributed by atoms with E-state index < -0.39 is 0 Å². The number of aromatic nitrogens is 1. The van der Waals surface area contributed by atoms with Crippen LogP contribution in [0.4, 0.5) is 0 Å². The molecule has 1 fully saturated rings. The Kier molecular flexibility index (Phi) is 7.00. The zero-order chi connectivity index (χ0) is 20.8. The molecule has 0 bridgehead atoms. The number of carbonyl (C=O) groups is 2. The lowest BCUT2D eigenvalue weighted by atomic mass is 10.1. The molecule has 1 saturated heterocycles. The van der Waals surface area contributed by atoms with E-state index in [1.54, 1.807) is 31.2 Å². The van der Waals surface area contributed by atoms with Crippen LogP contribution in [0.1, 0.15) is 35.2 Å². The molecule has 156 valence electrons. The second kappa shape index (κ2) is 9.67. The van der Waals surface area contributed by atoms with Crippen LogP contribution >= 0.6 is 0 Å². The lowest BCUT2D eigenvalue weighted by Gasteiger charge is -2.34. The lowest BCUT2D eigenvalue weighted by molar-refractivity contribution is -0.146. The van der Waals surface area contributed by atoms with Gasteiger partial charge < -0.3 is 18.6 Å². The maximum Gasteiger partial charge on any atom is 0.337 e. The van der Waals surface area contributed by atoms with Gasteiger partial charge in [0.2, 0.25) is 5.89 Å². The highest BCUT2D eigenvalue weighted by Crippen LogP contribution is 2.24. The molecular weight excluding hydrogens is 376 g/mol. The van der Waals surface area contributed by atoms with Crippen molar-refractivity contribution in [3.05, 3.63) is 41.3 Å². The van der Waals surface area contributed by atoms with Gasteiger partial charge in [-0.3, -0.25) is 9.69 Å². The van der Waals surface area contributed by atoms with Crippen molar-refractivity contribution < 1.29 is 28.2 Å². The van der Waals surface area contributed by atoms with Gasteiger partial charge in [-0.05, 0) is 38.1 Å². The molecule has 1 aromatic carbocycles. The van der Waals surface area contributed by atoms with Crippen LogP contribution in [0.3, 0.4) is 0 Å². The molecule has 29 heavy (non-hydrogen) atoms. The predicted molar refractivity (Wildman–Crippen MR) is 104 cm³/mol. The number of morpholine rings is 1. The van der Waals surface area contributed by atoms with Crippen LogP contribution < -0.4 is 0 Å². The second-order valence-corrected chi connectivity index (χ2v) is 6.80. The standard InChI is InChI=1S/C21H26N2O6/c1-4-28-19(24)11-17-13-27-10-9-23(17)12-18-14(2)29-20(22-18)15-5-7-16(8-6-15)21(25)26-3/h5-8,17H,4,9-13H2,1-3H3/t17-/m1/s1. The predicted octanol–water partition coefficient (Wildman–Crippen LogP) is 2.59. The Morgan fingerprint density at radius 3 is 2.72 bits per heavy atom. The van der Waals surface area contributed by atoms with Gasteiger partial charge in [0.1, 0.15) is 5.76 Å². The third-order valence-electron chi connectivity index (χ3n) is 4.86. The highest BCUT2D eigenvalue weighted by Gasteiger charge is 2.27. The molecule has 3 rings (SSSR count). The number of nitrogens with zero attached hydrogens (tertiary/aromatic N) is 2. The van der Waals surface area contributed by atoms with Crippen LogP contribution in [0, 0.1) is 6.92 Å². The summed E-state index contributed by atoms with van der Waals surface area (Å²) < 4.78 is 21.2. The number of hydrogen-bond donors (Lipinski definition) is 0. The minimum Gasteiger partial charge on any atom is -0.466 e. The Morgan fingerprint density at radius 1 is 1.28 bits per heavy atom. The van der Waals surface area contributed by atoms with Crippen LogP contribution in [0.15, 0.2) is 28.7 Å². The van der Waals surface area contributed by atoms with E-state index >= 15 is 0 Å². The van der Waals surface area contributed by atoms with E-state index in [-0.39, 0.29) is 24.4 Å². The number of hydrogen-bond acceptors (Lipinski definition) is 8. The minimum atomic E-state index is -0.388. The van der Waals surface area contributed by atoms with Crippen LogP contribution in [-0.2, 0) is 25.5 Å². The minimum absolute atomic E-state index is 0.0540. The summed E-state index contributed by atoms with van der Waals surface area (Å²) in [6.45, 7) is 6.39. The maximum atomic E-state index is 11.9. The van der Waals surface area contributed by atoms with Gasteiger partial charge in [-0.2, -0.15) is 0 Å². The largest absolute Gasteiger partial charge is 0.466 e. The second-order valence-electron chi connectivity index (χ2n) is 6.80. The number of esters is 2. The third kappa shape index (κ3) is 5.21. The van der Waals surface area contributed by atoms with Crippen LogP contribution in [-0.4, -0.2) is 61.3 Å². The molecule has 8 heteroatoms. The van der Waals surface area contributed by atoms with E-state index in [9.17, 15) is 9.59 Å².